The lowest BCUT2D eigenvalue weighted by atomic mass is 9.75. The van der Waals surface area contributed by atoms with Crippen LogP contribution >= 0.6 is 8.60 Å². The number of aromatic hydroxyl groups is 2. The van der Waals surface area contributed by atoms with Crippen LogP contribution in [-0.4, -0.2) is 20.0 Å². The first-order valence-corrected chi connectivity index (χ1v) is 11.1. The topological polar surface area (TPSA) is 90.2 Å². The van der Waals surface area contributed by atoms with E-state index in [1.807, 2.05) is 0 Å². The highest BCUT2D eigenvalue weighted by atomic mass is 31.2. The first-order chi connectivity index (χ1) is 13.4. The first kappa shape index (κ1) is 26.2. The van der Waals surface area contributed by atoms with Crippen molar-refractivity contribution in [1.82, 2.24) is 0 Å². The zero-order chi connectivity index (χ0) is 23.5. The van der Waals surface area contributed by atoms with E-state index in [0.717, 1.165) is 11.1 Å². The van der Waals surface area contributed by atoms with Gasteiger partial charge in [0.2, 0.25) is 0 Å². The van der Waals surface area contributed by atoms with E-state index in [4.69, 9.17) is 14.7 Å². The summed E-state index contributed by atoms with van der Waals surface area (Å²) < 4.78 is 5.47. The average molecular weight is 437 g/mol. The van der Waals surface area contributed by atoms with Gasteiger partial charge in [0.1, 0.15) is 5.75 Å². The van der Waals surface area contributed by atoms with E-state index in [1.54, 1.807) is 12.1 Å². The predicted molar refractivity (Wildman–Crippen MR) is 124 cm³/mol. The fourth-order valence-corrected chi connectivity index (χ4v) is 3.18. The van der Waals surface area contributed by atoms with Crippen LogP contribution in [0.15, 0.2) is 36.4 Å². The van der Waals surface area contributed by atoms with Gasteiger partial charge < -0.3 is 24.5 Å². The fraction of sp³-hybridized carbons (Fsp3) is 0.500. The van der Waals surface area contributed by atoms with E-state index in [0.29, 0.717) is 5.75 Å². The maximum absolute atomic E-state index is 9.41. The van der Waals surface area contributed by atoms with Crippen LogP contribution in [0.25, 0.3) is 0 Å². The summed E-state index contributed by atoms with van der Waals surface area (Å²) in [4.78, 5) is 18.8. The second kappa shape index (κ2) is 9.55. The Morgan fingerprint density at radius 1 is 0.667 bits per heavy atom. The summed E-state index contributed by atoms with van der Waals surface area (Å²) in [7, 11) is -2.44. The van der Waals surface area contributed by atoms with Crippen LogP contribution < -0.4 is 4.52 Å². The third kappa shape index (κ3) is 7.46. The minimum absolute atomic E-state index is 0.0156. The molecule has 4 N–H and O–H groups in total. The summed E-state index contributed by atoms with van der Waals surface area (Å²) in [6, 6.07) is 10.4. The van der Waals surface area contributed by atoms with E-state index < -0.39 is 8.60 Å². The fourth-order valence-electron chi connectivity index (χ4n) is 2.82. The lowest BCUT2D eigenvalue weighted by Gasteiger charge is -2.32. The highest BCUT2D eigenvalue weighted by Gasteiger charge is 2.31. The highest BCUT2D eigenvalue weighted by molar-refractivity contribution is 7.39. The van der Waals surface area contributed by atoms with Gasteiger partial charge in [-0.25, -0.2) is 0 Å². The Bertz CT molecular complexity index is 784. The molecule has 6 heteroatoms. The second-order valence-electron chi connectivity index (χ2n) is 10.5. The smallest absolute Gasteiger partial charge is 0.391 e. The number of para-hydroxylation sites is 2. The maximum Gasteiger partial charge on any atom is 0.391 e. The third-order valence-corrected chi connectivity index (χ3v) is 4.97. The van der Waals surface area contributed by atoms with Crippen LogP contribution in [0.3, 0.4) is 0 Å². The number of benzene rings is 2. The molecule has 2 aromatic rings. The largest absolute Gasteiger partial charge is 0.504 e. The van der Waals surface area contributed by atoms with Crippen LogP contribution in [0.5, 0.6) is 17.2 Å². The van der Waals surface area contributed by atoms with Gasteiger partial charge in [-0.3, -0.25) is 0 Å². The summed E-state index contributed by atoms with van der Waals surface area (Å²) in [5.74, 6) is 0.462. The molecule has 0 bridgehead atoms. The summed E-state index contributed by atoms with van der Waals surface area (Å²) in [6.45, 7) is 19.3. The first-order valence-electron chi connectivity index (χ1n) is 9.97. The molecule has 0 saturated heterocycles. The second-order valence-corrected chi connectivity index (χ2v) is 11.2. The molecule has 5 nitrogen and oxygen atoms in total. The van der Waals surface area contributed by atoms with Crippen molar-refractivity contribution in [2.45, 2.75) is 78.6 Å². The van der Waals surface area contributed by atoms with Crippen molar-refractivity contribution in [3.63, 3.8) is 0 Å². The average Bonchev–Trinajstić information content (AvgIpc) is 2.54. The van der Waals surface area contributed by atoms with Crippen LogP contribution in [0.4, 0.5) is 0 Å². The lowest BCUT2D eigenvalue weighted by molar-refractivity contribution is 0.363. The van der Waals surface area contributed by atoms with Gasteiger partial charge >= 0.3 is 8.60 Å². The Labute approximate surface area is 182 Å². The van der Waals surface area contributed by atoms with Gasteiger partial charge in [-0.15, -0.1) is 0 Å². The molecule has 0 atom stereocenters. The molecule has 0 aliphatic carbocycles. The molecule has 0 amide bonds. The van der Waals surface area contributed by atoms with Gasteiger partial charge in [-0.05, 0) is 33.9 Å². The van der Waals surface area contributed by atoms with Crippen LogP contribution in [0.2, 0.25) is 0 Å². The summed E-state index contributed by atoms with van der Waals surface area (Å²) in [5, 5.41) is 17.3. The molecular weight excluding hydrogens is 399 g/mol. The van der Waals surface area contributed by atoms with E-state index in [-0.39, 0.29) is 27.7 Å². The van der Waals surface area contributed by atoms with Gasteiger partial charge in [0, 0.05) is 11.1 Å². The molecule has 30 heavy (non-hydrogen) atoms. The van der Waals surface area contributed by atoms with Gasteiger partial charge in [0.25, 0.3) is 0 Å². The van der Waals surface area contributed by atoms with Crippen LogP contribution in [0, 0.1) is 0 Å². The Kier molecular flexibility index (Phi) is 8.35. The summed E-state index contributed by atoms with van der Waals surface area (Å²) in [5.41, 5.74) is 2.97. The van der Waals surface area contributed by atoms with Crippen molar-refractivity contribution >= 4 is 8.60 Å². The lowest BCUT2D eigenvalue weighted by Crippen LogP contribution is -2.22. The van der Waals surface area contributed by atoms with Crippen molar-refractivity contribution in [2.75, 3.05) is 0 Å². The van der Waals surface area contributed by atoms with Crippen molar-refractivity contribution in [3.8, 4) is 17.2 Å². The van der Waals surface area contributed by atoms with Crippen molar-refractivity contribution < 1.29 is 24.5 Å². The Hall–Kier alpha value is -1.81. The quantitative estimate of drug-likeness (QED) is 0.329. The predicted octanol–water partition coefficient (Wildman–Crippen LogP) is 6.27. The monoisotopic (exact) mass is 436 g/mol. The van der Waals surface area contributed by atoms with E-state index in [9.17, 15) is 9.79 Å². The van der Waals surface area contributed by atoms with Gasteiger partial charge in [0.05, 0.1) is 0 Å². The minimum atomic E-state index is -2.44. The zero-order valence-corrected chi connectivity index (χ0v) is 20.5. The molecule has 0 spiro atoms. The molecule has 168 valence electrons. The maximum atomic E-state index is 9.41. The van der Waals surface area contributed by atoms with E-state index in [2.05, 4.69) is 74.4 Å². The molecule has 0 aliphatic rings. The van der Waals surface area contributed by atoms with Crippen molar-refractivity contribution in [3.05, 3.63) is 53.1 Å². The number of phenols is 2. The Balaban J connectivity index is 0.000000467. The number of phenolic OH excluding ortho intramolecular Hbond substituents is 2. The molecule has 2 aromatic carbocycles. The molecule has 0 fully saturated rings. The third-order valence-electron chi connectivity index (χ3n) is 4.63. The molecule has 0 aromatic heterocycles. The molecular formula is C24H37O5P. The van der Waals surface area contributed by atoms with Crippen molar-refractivity contribution in [1.29, 1.82) is 0 Å². The number of hydrogen-bond acceptors (Lipinski definition) is 5. The van der Waals surface area contributed by atoms with Crippen molar-refractivity contribution in [2.24, 2.45) is 0 Å². The normalized spacial score (nSPS) is 12.4. The molecule has 0 unspecified atom stereocenters. The van der Waals surface area contributed by atoms with Crippen LogP contribution in [0.1, 0.15) is 79.0 Å². The van der Waals surface area contributed by atoms with Gasteiger partial charge in [-0.1, -0.05) is 86.6 Å². The van der Waals surface area contributed by atoms with Gasteiger partial charge in [-0.2, -0.15) is 0 Å². The number of hydrogen-bond donors (Lipinski definition) is 4. The molecule has 0 aliphatic heterocycles. The summed E-state index contributed by atoms with van der Waals surface area (Å²) in [6.07, 6.45) is 0. The number of rotatable bonds is 2. The zero-order valence-electron chi connectivity index (χ0n) is 19.6. The summed E-state index contributed by atoms with van der Waals surface area (Å²) >= 11 is 0. The highest BCUT2D eigenvalue weighted by Crippen LogP contribution is 2.46. The molecule has 2 rings (SSSR count). The molecule has 0 radical (unpaired) electrons. The minimum Gasteiger partial charge on any atom is -0.504 e. The van der Waals surface area contributed by atoms with E-state index in [1.165, 1.54) is 17.7 Å². The Morgan fingerprint density at radius 3 is 1.27 bits per heavy atom. The van der Waals surface area contributed by atoms with E-state index >= 15 is 0 Å². The Morgan fingerprint density at radius 2 is 1.03 bits per heavy atom. The standard InChI is InChI=1S/C18H31O3P.C6H6O2/c1-16(2,3)12-10-13(17(4,5)6)15(21-22(19)20)14(11-12)18(7,8)9;7-5-3-1-2-4-6(5)8/h10-11,19-20H,1-9H3;1-4,7-8H. The van der Waals surface area contributed by atoms with Gasteiger partial charge in [0.15, 0.2) is 11.5 Å². The van der Waals surface area contributed by atoms with Crippen LogP contribution in [-0.2, 0) is 16.2 Å². The molecule has 0 heterocycles. The SMILES string of the molecule is CC(C)(C)c1cc(C(C)(C)C)c(OP(O)O)c(C(C)(C)C)c1.Oc1ccccc1O. The molecule has 0 saturated carbocycles.